The number of benzene rings is 2. The fourth-order valence-electron chi connectivity index (χ4n) is 2.97. The monoisotopic (exact) mass is 374 g/mol. The van der Waals surface area contributed by atoms with Gasteiger partial charge in [-0.3, -0.25) is 4.79 Å². The molecule has 0 saturated carbocycles. The Morgan fingerprint density at radius 1 is 1.07 bits per heavy atom. The molecule has 2 aromatic heterocycles. The third-order valence-corrected chi connectivity index (χ3v) is 4.59. The molecule has 0 fully saturated rings. The second-order valence-corrected chi connectivity index (χ2v) is 6.53. The maximum atomic E-state index is 13.0. The molecule has 0 bridgehead atoms. The number of anilines is 1. The molecule has 0 aliphatic rings. The third kappa shape index (κ3) is 3.76. The average molecular weight is 374 g/mol. The van der Waals surface area contributed by atoms with E-state index in [4.69, 9.17) is 0 Å². The second-order valence-electron chi connectivity index (χ2n) is 6.53. The van der Waals surface area contributed by atoms with Crippen LogP contribution in [0, 0.1) is 5.82 Å². The van der Waals surface area contributed by atoms with Gasteiger partial charge in [-0.15, -0.1) is 0 Å². The van der Waals surface area contributed by atoms with Gasteiger partial charge in [0.25, 0.3) is 0 Å². The van der Waals surface area contributed by atoms with Gasteiger partial charge in [0.05, 0.1) is 11.9 Å². The van der Waals surface area contributed by atoms with Gasteiger partial charge < -0.3 is 10.3 Å². The summed E-state index contributed by atoms with van der Waals surface area (Å²) in [4.78, 5) is 24.5. The predicted octanol–water partition coefficient (Wildman–Crippen LogP) is 4.30. The first-order valence-corrected chi connectivity index (χ1v) is 9.10. The Hall–Kier alpha value is -3.54. The molecule has 5 nitrogen and oxygen atoms in total. The van der Waals surface area contributed by atoms with Crippen LogP contribution in [0.5, 0.6) is 0 Å². The molecular weight excluding hydrogens is 355 g/mol. The summed E-state index contributed by atoms with van der Waals surface area (Å²) >= 11 is 0. The Labute approximate surface area is 161 Å². The van der Waals surface area contributed by atoms with Gasteiger partial charge in [-0.25, -0.2) is 14.4 Å². The summed E-state index contributed by atoms with van der Waals surface area (Å²) in [5.41, 5.74) is 3.95. The van der Waals surface area contributed by atoms with Crippen LogP contribution >= 0.6 is 0 Å². The van der Waals surface area contributed by atoms with Gasteiger partial charge in [-0.05, 0) is 36.2 Å². The SMILES string of the molecule is CCc1ccc(-c2ncc3c(=O)cc(CNc4ccc(F)cc4)[nH]c3n2)cc1. The van der Waals surface area contributed by atoms with Crippen LogP contribution in [0.15, 0.2) is 65.6 Å². The number of hydrogen-bond acceptors (Lipinski definition) is 4. The smallest absolute Gasteiger partial charge is 0.192 e. The van der Waals surface area contributed by atoms with Crippen LogP contribution < -0.4 is 10.7 Å². The number of nitrogens with one attached hydrogen (secondary N) is 2. The molecule has 0 amide bonds. The molecule has 4 rings (SSSR count). The minimum atomic E-state index is -0.291. The normalized spacial score (nSPS) is 10.9. The number of hydrogen-bond donors (Lipinski definition) is 2. The van der Waals surface area contributed by atoms with Crippen LogP contribution in [0.2, 0.25) is 0 Å². The van der Waals surface area contributed by atoms with Crippen molar-refractivity contribution < 1.29 is 4.39 Å². The number of aromatic amines is 1. The Morgan fingerprint density at radius 3 is 2.54 bits per heavy atom. The lowest BCUT2D eigenvalue weighted by Gasteiger charge is -2.08. The molecule has 0 atom stereocenters. The molecule has 0 radical (unpaired) electrons. The Kier molecular flexibility index (Phi) is 4.85. The summed E-state index contributed by atoms with van der Waals surface area (Å²) in [6.07, 6.45) is 2.53. The molecule has 2 heterocycles. The molecule has 6 heteroatoms. The van der Waals surface area contributed by atoms with Gasteiger partial charge in [-0.2, -0.15) is 0 Å². The van der Waals surface area contributed by atoms with Gasteiger partial charge in [0.2, 0.25) is 0 Å². The lowest BCUT2D eigenvalue weighted by molar-refractivity contribution is 0.628. The van der Waals surface area contributed by atoms with E-state index in [-0.39, 0.29) is 11.2 Å². The summed E-state index contributed by atoms with van der Waals surface area (Å²) in [6.45, 7) is 2.50. The highest BCUT2D eigenvalue weighted by atomic mass is 19.1. The van der Waals surface area contributed by atoms with Gasteiger partial charge in [0.15, 0.2) is 11.3 Å². The van der Waals surface area contributed by atoms with Crippen LogP contribution in [0.1, 0.15) is 18.2 Å². The molecule has 4 aromatic rings. The van der Waals surface area contributed by atoms with Crippen molar-refractivity contribution in [1.29, 1.82) is 0 Å². The van der Waals surface area contributed by atoms with E-state index in [2.05, 4.69) is 39.3 Å². The summed E-state index contributed by atoms with van der Waals surface area (Å²) in [6, 6.07) is 15.7. The maximum Gasteiger partial charge on any atom is 0.192 e. The van der Waals surface area contributed by atoms with Gasteiger partial charge in [0, 0.05) is 29.2 Å². The van der Waals surface area contributed by atoms with Gasteiger partial charge in [-0.1, -0.05) is 31.2 Å². The van der Waals surface area contributed by atoms with Crippen LogP contribution in [0.25, 0.3) is 22.4 Å². The minimum Gasteiger partial charge on any atom is -0.379 e. The number of halogens is 1. The highest BCUT2D eigenvalue weighted by Gasteiger charge is 2.08. The highest BCUT2D eigenvalue weighted by molar-refractivity contribution is 5.76. The fourth-order valence-corrected chi connectivity index (χ4v) is 2.97. The third-order valence-electron chi connectivity index (χ3n) is 4.59. The van der Waals surface area contributed by atoms with E-state index < -0.39 is 0 Å². The van der Waals surface area contributed by atoms with E-state index in [0.717, 1.165) is 17.7 Å². The van der Waals surface area contributed by atoms with Crippen molar-refractivity contribution in [3.63, 3.8) is 0 Å². The number of fused-ring (bicyclic) bond motifs is 1. The molecule has 2 N–H and O–H groups in total. The summed E-state index contributed by atoms with van der Waals surface area (Å²) in [5, 5.41) is 3.60. The summed E-state index contributed by atoms with van der Waals surface area (Å²) in [5.74, 6) is 0.273. The molecule has 140 valence electrons. The molecule has 2 aromatic carbocycles. The number of aryl methyl sites for hydroxylation is 1. The highest BCUT2D eigenvalue weighted by Crippen LogP contribution is 2.18. The van der Waals surface area contributed by atoms with E-state index in [0.29, 0.717) is 29.1 Å². The van der Waals surface area contributed by atoms with Crippen LogP contribution in [-0.4, -0.2) is 15.0 Å². The zero-order valence-corrected chi connectivity index (χ0v) is 15.4. The van der Waals surface area contributed by atoms with Crippen molar-refractivity contribution in [3.05, 3.63) is 88.1 Å². The zero-order chi connectivity index (χ0) is 19.5. The quantitative estimate of drug-likeness (QED) is 0.546. The van der Waals surface area contributed by atoms with Crippen molar-refractivity contribution in [1.82, 2.24) is 15.0 Å². The van der Waals surface area contributed by atoms with Crippen LogP contribution in [-0.2, 0) is 13.0 Å². The van der Waals surface area contributed by atoms with Crippen LogP contribution in [0.4, 0.5) is 10.1 Å². The van der Waals surface area contributed by atoms with E-state index in [1.165, 1.54) is 23.8 Å². The van der Waals surface area contributed by atoms with Crippen molar-refractivity contribution in [2.75, 3.05) is 5.32 Å². The first kappa shape index (κ1) is 17.9. The zero-order valence-electron chi connectivity index (χ0n) is 15.4. The first-order valence-electron chi connectivity index (χ1n) is 9.10. The molecule has 28 heavy (non-hydrogen) atoms. The predicted molar refractivity (Wildman–Crippen MR) is 109 cm³/mol. The van der Waals surface area contributed by atoms with Crippen molar-refractivity contribution >= 4 is 16.7 Å². The molecule has 0 aliphatic heterocycles. The van der Waals surface area contributed by atoms with Crippen molar-refractivity contribution in [2.24, 2.45) is 0 Å². The van der Waals surface area contributed by atoms with Gasteiger partial charge in [0.1, 0.15) is 11.5 Å². The van der Waals surface area contributed by atoms with E-state index in [1.54, 1.807) is 18.3 Å². The Bertz CT molecular complexity index is 1170. The largest absolute Gasteiger partial charge is 0.379 e. The second kappa shape index (κ2) is 7.60. The van der Waals surface area contributed by atoms with E-state index in [1.807, 2.05) is 12.1 Å². The van der Waals surface area contributed by atoms with Crippen LogP contribution in [0.3, 0.4) is 0 Å². The average Bonchev–Trinajstić information content (AvgIpc) is 2.73. The number of nitrogens with zero attached hydrogens (tertiary/aromatic N) is 2. The number of pyridine rings is 1. The number of aromatic nitrogens is 3. The van der Waals surface area contributed by atoms with Crippen molar-refractivity contribution in [3.8, 4) is 11.4 Å². The van der Waals surface area contributed by atoms with E-state index >= 15 is 0 Å². The molecule has 0 unspecified atom stereocenters. The first-order chi connectivity index (χ1) is 13.6. The maximum absolute atomic E-state index is 13.0. The Morgan fingerprint density at radius 2 is 1.82 bits per heavy atom. The number of rotatable bonds is 5. The number of H-pyrrole nitrogens is 1. The molecule has 0 spiro atoms. The standard InChI is InChI=1S/C22H19FN4O/c1-2-14-3-5-15(6-4-14)21-25-13-19-20(28)11-18(26-22(19)27-21)12-24-17-9-7-16(23)8-10-17/h3-11,13,24H,2,12H2,1H3,(H,25,26,27,28). The van der Waals surface area contributed by atoms with Crippen molar-refractivity contribution in [2.45, 2.75) is 19.9 Å². The topological polar surface area (TPSA) is 70.7 Å². The lowest BCUT2D eigenvalue weighted by Crippen LogP contribution is -2.10. The molecular formula is C22H19FN4O. The fraction of sp³-hybridized carbons (Fsp3) is 0.136. The summed E-state index contributed by atoms with van der Waals surface area (Å²) < 4.78 is 13.0. The molecule has 0 aliphatic carbocycles. The molecule has 0 saturated heterocycles. The van der Waals surface area contributed by atoms with E-state index in [9.17, 15) is 9.18 Å². The summed E-state index contributed by atoms with van der Waals surface area (Å²) in [7, 11) is 0. The minimum absolute atomic E-state index is 0.141. The lowest BCUT2D eigenvalue weighted by atomic mass is 10.1. The van der Waals surface area contributed by atoms with Gasteiger partial charge >= 0.3 is 0 Å². The Balaban J connectivity index is 1.63.